The van der Waals surface area contributed by atoms with Gasteiger partial charge >= 0.3 is 0 Å². The Hall–Kier alpha value is -0.410. The quantitative estimate of drug-likeness (QED) is 0.637. The highest BCUT2D eigenvalue weighted by Gasteiger charge is 2.25. The maximum absolute atomic E-state index is 11.5. The second kappa shape index (κ2) is 4.58. The maximum Gasteiger partial charge on any atom is 0.166 e. The monoisotopic (exact) mass is 172 g/mol. The third-order valence-corrected chi connectivity index (χ3v) is 2.23. The van der Waals surface area contributed by atoms with Crippen molar-refractivity contribution in [3.8, 4) is 0 Å². The fourth-order valence-electron chi connectivity index (χ4n) is 1.17. The second-order valence-electron chi connectivity index (χ2n) is 3.15. The van der Waals surface area contributed by atoms with Crippen LogP contribution in [0.2, 0.25) is 0 Å². The van der Waals surface area contributed by atoms with Gasteiger partial charge in [-0.2, -0.15) is 0 Å². The molecule has 1 heterocycles. The first-order valence-electron chi connectivity index (χ1n) is 4.48. The molecule has 0 aromatic heterocycles. The van der Waals surface area contributed by atoms with Crippen molar-refractivity contribution in [3.05, 3.63) is 0 Å². The molecule has 0 aromatic carbocycles. The Bertz CT molecular complexity index is 150. The first kappa shape index (κ1) is 9.68. The molecule has 1 rings (SSSR count). The third-order valence-electron chi connectivity index (χ3n) is 2.23. The summed E-state index contributed by atoms with van der Waals surface area (Å²) in [6, 6.07) is 0. The van der Waals surface area contributed by atoms with E-state index in [2.05, 4.69) is 0 Å². The van der Waals surface area contributed by atoms with Crippen LogP contribution in [0.25, 0.3) is 0 Å². The van der Waals surface area contributed by atoms with Gasteiger partial charge in [0.2, 0.25) is 0 Å². The fourth-order valence-corrected chi connectivity index (χ4v) is 1.17. The van der Waals surface area contributed by atoms with E-state index in [1.165, 1.54) is 0 Å². The van der Waals surface area contributed by atoms with Crippen molar-refractivity contribution in [2.24, 2.45) is 5.92 Å². The van der Waals surface area contributed by atoms with E-state index in [1.54, 1.807) is 0 Å². The van der Waals surface area contributed by atoms with Crippen molar-refractivity contribution in [1.82, 2.24) is 0 Å². The van der Waals surface area contributed by atoms with E-state index >= 15 is 0 Å². The molecule has 0 aliphatic carbocycles. The highest BCUT2D eigenvalue weighted by Crippen LogP contribution is 2.10. The zero-order chi connectivity index (χ0) is 8.97. The lowest BCUT2D eigenvalue weighted by Crippen LogP contribution is -2.38. The molecule has 1 saturated heterocycles. The first-order valence-corrected chi connectivity index (χ1v) is 4.48. The number of carbonyl (C=O) groups is 1. The molecule has 0 spiro atoms. The summed E-state index contributed by atoms with van der Waals surface area (Å²) in [5, 5.41) is 0. The topological polar surface area (TPSA) is 35.5 Å². The van der Waals surface area contributed by atoms with Crippen LogP contribution in [-0.4, -0.2) is 31.7 Å². The summed E-state index contributed by atoms with van der Waals surface area (Å²) in [5.74, 6) is 0.272. The molecule has 70 valence electrons. The third kappa shape index (κ3) is 2.29. The average Bonchev–Trinajstić information content (AvgIpc) is 2.17. The average molecular weight is 172 g/mol. The Morgan fingerprint density at radius 3 is 2.83 bits per heavy atom. The van der Waals surface area contributed by atoms with Gasteiger partial charge < -0.3 is 9.47 Å². The van der Waals surface area contributed by atoms with E-state index in [0.29, 0.717) is 19.8 Å². The van der Waals surface area contributed by atoms with E-state index in [-0.39, 0.29) is 17.8 Å². The molecule has 1 fully saturated rings. The van der Waals surface area contributed by atoms with Gasteiger partial charge in [-0.05, 0) is 6.42 Å². The summed E-state index contributed by atoms with van der Waals surface area (Å²) >= 11 is 0. The standard InChI is InChI=1S/C9H16O3/c1-3-7(2)9(10)8-6-11-4-5-12-8/h7-8H,3-6H2,1-2H3. The number of hydrogen-bond donors (Lipinski definition) is 0. The lowest BCUT2D eigenvalue weighted by atomic mass is 9.99. The van der Waals surface area contributed by atoms with Gasteiger partial charge in [0.25, 0.3) is 0 Å². The Morgan fingerprint density at radius 2 is 2.33 bits per heavy atom. The molecular weight excluding hydrogens is 156 g/mol. The van der Waals surface area contributed by atoms with Gasteiger partial charge in [-0.1, -0.05) is 13.8 Å². The normalized spacial score (nSPS) is 26.7. The van der Waals surface area contributed by atoms with Crippen LogP contribution in [0.4, 0.5) is 0 Å². The molecule has 3 heteroatoms. The second-order valence-corrected chi connectivity index (χ2v) is 3.15. The highest BCUT2D eigenvalue weighted by molar-refractivity contribution is 5.85. The van der Waals surface area contributed by atoms with E-state index in [4.69, 9.17) is 9.47 Å². The van der Waals surface area contributed by atoms with Crippen LogP contribution in [0, 0.1) is 5.92 Å². The molecule has 0 saturated carbocycles. The number of rotatable bonds is 3. The molecule has 1 aliphatic heterocycles. The fraction of sp³-hybridized carbons (Fsp3) is 0.889. The lowest BCUT2D eigenvalue weighted by Gasteiger charge is -2.23. The van der Waals surface area contributed by atoms with Crippen LogP contribution in [0.1, 0.15) is 20.3 Å². The van der Waals surface area contributed by atoms with Crippen molar-refractivity contribution in [2.45, 2.75) is 26.4 Å². The predicted molar refractivity (Wildman–Crippen MR) is 45.0 cm³/mol. The van der Waals surface area contributed by atoms with Gasteiger partial charge in [-0.25, -0.2) is 0 Å². The number of Topliss-reactive ketones (excluding diaryl/α,β-unsaturated/α-hetero) is 1. The van der Waals surface area contributed by atoms with Crippen LogP contribution in [-0.2, 0) is 14.3 Å². The van der Waals surface area contributed by atoms with Crippen molar-refractivity contribution >= 4 is 5.78 Å². The van der Waals surface area contributed by atoms with Crippen molar-refractivity contribution < 1.29 is 14.3 Å². The van der Waals surface area contributed by atoms with Crippen molar-refractivity contribution in [1.29, 1.82) is 0 Å². The molecule has 0 radical (unpaired) electrons. The largest absolute Gasteiger partial charge is 0.376 e. The number of hydrogen-bond acceptors (Lipinski definition) is 3. The van der Waals surface area contributed by atoms with Gasteiger partial charge in [0.05, 0.1) is 19.8 Å². The Kier molecular flexibility index (Phi) is 3.69. The SMILES string of the molecule is CCC(C)C(=O)C1COCCO1. The van der Waals surface area contributed by atoms with Crippen molar-refractivity contribution in [3.63, 3.8) is 0 Å². The van der Waals surface area contributed by atoms with Crippen LogP contribution >= 0.6 is 0 Å². The zero-order valence-corrected chi connectivity index (χ0v) is 7.71. The van der Waals surface area contributed by atoms with Gasteiger partial charge in [-0.15, -0.1) is 0 Å². The maximum atomic E-state index is 11.5. The summed E-state index contributed by atoms with van der Waals surface area (Å²) in [5.41, 5.74) is 0. The van der Waals surface area contributed by atoms with Crippen LogP contribution in [0.15, 0.2) is 0 Å². The van der Waals surface area contributed by atoms with Gasteiger partial charge in [0.1, 0.15) is 6.10 Å². The number of ketones is 1. The Morgan fingerprint density at radius 1 is 1.58 bits per heavy atom. The Labute approximate surface area is 73.0 Å². The summed E-state index contributed by atoms with van der Waals surface area (Å²) in [4.78, 5) is 11.5. The number of carbonyl (C=O) groups excluding carboxylic acids is 1. The number of ether oxygens (including phenoxy) is 2. The Balaban J connectivity index is 2.39. The van der Waals surface area contributed by atoms with E-state index in [0.717, 1.165) is 6.42 Å². The molecule has 0 bridgehead atoms. The molecule has 0 aromatic rings. The van der Waals surface area contributed by atoms with Gasteiger partial charge in [0, 0.05) is 5.92 Å². The molecular formula is C9H16O3. The van der Waals surface area contributed by atoms with Crippen LogP contribution < -0.4 is 0 Å². The minimum absolute atomic E-state index is 0.0942. The molecule has 2 unspecified atom stereocenters. The van der Waals surface area contributed by atoms with Crippen LogP contribution in [0.3, 0.4) is 0 Å². The van der Waals surface area contributed by atoms with Crippen molar-refractivity contribution in [2.75, 3.05) is 19.8 Å². The minimum atomic E-state index is -0.311. The van der Waals surface area contributed by atoms with Gasteiger partial charge in [-0.3, -0.25) is 4.79 Å². The predicted octanol–water partition coefficient (Wildman–Crippen LogP) is 1.02. The lowest BCUT2D eigenvalue weighted by molar-refractivity contribution is -0.148. The highest BCUT2D eigenvalue weighted by atomic mass is 16.6. The molecule has 0 amide bonds. The molecule has 3 nitrogen and oxygen atoms in total. The minimum Gasteiger partial charge on any atom is -0.376 e. The van der Waals surface area contributed by atoms with Crippen LogP contribution in [0.5, 0.6) is 0 Å². The molecule has 2 atom stereocenters. The molecule has 0 N–H and O–H groups in total. The summed E-state index contributed by atoms with van der Waals surface area (Å²) in [6.45, 7) is 5.53. The summed E-state index contributed by atoms with van der Waals surface area (Å²) in [7, 11) is 0. The summed E-state index contributed by atoms with van der Waals surface area (Å²) < 4.78 is 10.4. The zero-order valence-electron chi connectivity index (χ0n) is 7.71. The smallest absolute Gasteiger partial charge is 0.166 e. The van der Waals surface area contributed by atoms with E-state index in [9.17, 15) is 4.79 Å². The first-order chi connectivity index (χ1) is 5.75. The van der Waals surface area contributed by atoms with E-state index < -0.39 is 0 Å². The molecule has 1 aliphatic rings. The van der Waals surface area contributed by atoms with E-state index in [1.807, 2.05) is 13.8 Å². The molecule has 12 heavy (non-hydrogen) atoms. The summed E-state index contributed by atoms with van der Waals surface area (Å²) in [6.07, 6.45) is 0.562. The van der Waals surface area contributed by atoms with Gasteiger partial charge in [0.15, 0.2) is 5.78 Å².